The van der Waals surface area contributed by atoms with E-state index in [1.165, 1.54) is 12.1 Å². The number of aromatic hydroxyl groups is 1. The summed E-state index contributed by atoms with van der Waals surface area (Å²) in [4.78, 5) is 37.8. The number of fused-ring (bicyclic) bond motifs is 1. The molecule has 5 aromatic rings. The fourth-order valence-corrected chi connectivity index (χ4v) is 6.13. The quantitative estimate of drug-likeness (QED) is 0.0805. The maximum atomic E-state index is 13.2. The molecule has 0 fully saturated rings. The third-order valence-corrected chi connectivity index (χ3v) is 8.12. The van der Waals surface area contributed by atoms with Crippen LogP contribution < -0.4 is 10.6 Å². The topological polar surface area (TPSA) is 121 Å². The van der Waals surface area contributed by atoms with Crippen LogP contribution in [0.4, 0.5) is 17.1 Å². The van der Waals surface area contributed by atoms with Crippen LogP contribution in [0.2, 0.25) is 0 Å². The van der Waals surface area contributed by atoms with E-state index >= 15 is 0 Å². The number of anilines is 3. The number of carbonyl (C=O) groups excluding carboxylic acids is 2. The van der Waals surface area contributed by atoms with E-state index in [1.807, 2.05) is 41.9 Å². The van der Waals surface area contributed by atoms with Crippen LogP contribution in [0.25, 0.3) is 22.2 Å². The molecule has 1 heterocycles. The summed E-state index contributed by atoms with van der Waals surface area (Å²) in [6.07, 6.45) is 0. The molecule has 0 saturated heterocycles. The highest BCUT2D eigenvalue weighted by Gasteiger charge is 2.22. The van der Waals surface area contributed by atoms with Gasteiger partial charge in [0.05, 0.1) is 16.8 Å². The molecule has 0 aliphatic carbocycles. The van der Waals surface area contributed by atoms with Crippen LogP contribution in [-0.2, 0) is 11.8 Å². The van der Waals surface area contributed by atoms with Gasteiger partial charge in [0.1, 0.15) is 11.3 Å². The van der Waals surface area contributed by atoms with Gasteiger partial charge in [-0.05, 0) is 93.7 Å². The highest BCUT2D eigenvalue weighted by atomic mass is 127. The van der Waals surface area contributed by atoms with Gasteiger partial charge in [-0.1, -0.05) is 30.3 Å². The molecule has 0 aliphatic rings. The molecule has 0 spiro atoms. The van der Waals surface area contributed by atoms with Crippen molar-refractivity contribution in [1.82, 2.24) is 4.57 Å². The van der Waals surface area contributed by atoms with Crippen molar-refractivity contribution in [2.45, 2.75) is 0 Å². The minimum absolute atomic E-state index is 0.182. The van der Waals surface area contributed by atoms with Gasteiger partial charge in [-0.3, -0.25) is 9.59 Å². The van der Waals surface area contributed by atoms with E-state index in [2.05, 4.69) is 55.8 Å². The summed E-state index contributed by atoms with van der Waals surface area (Å²) in [5.41, 5.74) is 3.97. The van der Waals surface area contributed by atoms with Crippen molar-refractivity contribution < 1.29 is 24.6 Å². The number of Topliss-reactive ketones (excluding diaryl/α,β-unsaturated/α-hetero) is 1. The summed E-state index contributed by atoms with van der Waals surface area (Å²) in [7, 11) is 1.81. The number of hydrogen-bond donors (Lipinski definition) is 4. The van der Waals surface area contributed by atoms with E-state index in [1.54, 1.807) is 42.5 Å². The number of nitrogens with zero attached hydrogens (tertiary/aromatic N) is 1. The van der Waals surface area contributed by atoms with Gasteiger partial charge in [-0.2, -0.15) is 0 Å². The highest BCUT2D eigenvalue weighted by Crippen LogP contribution is 2.37. The van der Waals surface area contributed by atoms with Gasteiger partial charge < -0.3 is 25.4 Å². The monoisotopic (exact) mass is 757 g/mol. The minimum Gasteiger partial charge on any atom is -0.507 e. The Morgan fingerprint density at radius 1 is 0.825 bits per heavy atom. The standard InChI is InChI=1S/C30H21I2N3O5/c1-35-24-15-25(36)22(30(39)40)14-21(24)26(32)27(35)16-6-4-8-18(12-16)34-29(38)28(37)20-10-2-3-11-23(20)33-19-9-5-7-17(31)13-19/h2-15,33,36H,1H3,(H,34,38)(H,39,40). The summed E-state index contributed by atoms with van der Waals surface area (Å²) < 4.78 is 3.66. The summed E-state index contributed by atoms with van der Waals surface area (Å²) >= 11 is 4.35. The Hall–Kier alpha value is -3.91. The Balaban J connectivity index is 1.43. The van der Waals surface area contributed by atoms with E-state index in [4.69, 9.17) is 0 Å². The predicted octanol–water partition coefficient (Wildman–Crippen LogP) is 7.02. The zero-order chi connectivity index (χ0) is 28.6. The van der Waals surface area contributed by atoms with Crippen molar-refractivity contribution in [1.29, 1.82) is 0 Å². The zero-order valence-electron chi connectivity index (χ0n) is 20.9. The molecule has 1 aromatic heterocycles. The number of carboxylic acids is 1. The van der Waals surface area contributed by atoms with Crippen LogP contribution in [0.5, 0.6) is 5.75 Å². The first-order chi connectivity index (χ1) is 19.1. The second-order valence-electron chi connectivity index (χ2n) is 8.96. The maximum absolute atomic E-state index is 13.2. The summed E-state index contributed by atoms with van der Waals surface area (Å²) in [6.45, 7) is 0. The van der Waals surface area contributed by atoms with Crippen molar-refractivity contribution in [3.05, 3.63) is 103 Å². The van der Waals surface area contributed by atoms with E-state index < -0.39 is 17.7 Å². The summed E-state index contributed by atoms with van der Waals surface area (Å²) in [5.74, 6) is -3.00. The summed E-state index contributed by atoms with van der Waals surface area (Å²) in [5, 5.41) is 26.2. The van der Waals surface area contributed by atoms with Gasteiger partial charge in [0.15, 0.2) is 0 Å². The number of halogens is 2. The van der Waals surface area contributed by atoms with E-state index in [0.717, 1.165) is 24.1 Å². The van der Waals surface area contributed by atoms with Crippen LogP contribution in [-0.4, -0.2) is 32.4 Å². The average molecular weight is 757 g/mol. The first kappa shape index (κ1) is 27.6. The van der Waals surface area contributed by atoms with E-state index in [0.29, 0.717) is 22.3 Å². The summed E-state index contributed by atoms with van der Waals surface area (Å²) in [6, 6.07) is 24.4. The molecule has 4 aromatic carbocycles. The van der Waals surface area contributed by atoms with Crippen molar-refractivity contribution in [2.75, 3.05) is 10.6 Å². The molecule has 0 atom stereocenters. The number of ketones is 1. The second-order valence-corrected chi connectivity index (χ2v) is 11.3. The normalized spacial score (nSPS) is 10.9. The molecule has 1 amide bonds. The zero-order valence-corrected chi connectivity index (χ0v) is 25.2. The SMILES string of the molecule is Cn1c(-c2cccc(NC(=O)C(=O)c3ccccc3Nc3cccc(I)c3)c2)c(I)c2cc(C(=O)O)c(O)cc21. The number of carboxylic acid groups (broad SMARTS) is 1. The third-order valence-electron chi connectivity index (χ3n) is 6.36. The number of aromatic carboxylic acids is 1. The molecule has 0 radical (unpaired) electrons. The molecule has 10 heteroatoms. The van der Waals surface area contributed by atoms with Gasteiger partial charge in [0.25, 0.3) is 11.7 Å². The number of phenols is 1. The number of rotatable bonds is 7. The van der Waals surface area contributed by atoms with E-state index in [9.17, 15) is 24.6 Å². The van der Waals surface area contributed by atoms with Crippen molar-refractivity contribution >= 4 is 90.8 Å². The Morgan fingerprint density at radius 3 is 2.30 bits per heavy atom. The van der Waals surface area contributed by atoms with Crippen LogP contribution in [0.3, 0.4) is 0 Å². The molecule has 4 N–H and O–H groups in total. The molecular formula is C30H21I2N3O5. The minimum atomic E-state index is -1.22. The van der Waals surface area contributed by atoms with E-state index in [-0.39, 0.29) is 16.9 Å². The molecule has 0 saturated carbocycles. The Labute approximate surface area is 256 Å². The molecular weight excluding hydrogens is 736 g/mol. The lowest BCUT2D eigenvalue weighted by atomic mass is 10.1. The number of para-hydroxylation sites is 1. The van der Waals surface area contributed by atoms with Gasteiger partial charge in [0, 0.05) is 48.3 Å². The van der Waals surface area contributed by atoms with Crippen LogP contribution in [0.1, 0.15) is 20.7 Å². The fraction of sp³-hybridized carbons (Fsp3) is 0.0333. The number of aryl methyl sites for hydroxylation is 1. The van der Waals surface area contributed by atoms with Gasteiger partial charge in [0.2, 0.25) is 0 Å². The predicted molar refractivity (Wildman–Crippen MR) is 172 cm³/mol. The van der Waals surface area contributed by atoms with Crippen LogP contribution >= 0.6 is 45.2 Å². The first-order valence-electron chi connectivity index (χ1n) is 12.0. The highest BCUT2D eigenvalue weighted by molar-refractivity contribution is 14.1. The molecule has 200 valence electrons. The number of benzene rings is 4. The molecule has 0 aliphatic heterocycles. The molecule has 8 nitrogen and oxygen atoms in total. The Morgan fingerprint density at radius 2 is 1.55 bits per heavy atom. The number of amides is 1. The number of hydrogen-bond acceptors (Lipinski definition) is 5. The lowest BCUT2D eigenvalue weighted by Gasteiger charge is -2.12. The molecule has 0 bridgehead atoms. The Bertz CT molecular complexity index is 1830. The van der Waals surface area contributed by atoms with Crippen LogP contribution in [0, 0.1) is 7.14 Å². The second kappa shape index (κ2) is 11.3. The first-order valence-corrected chi connectivity index (χ1v) is 14.1. The molecule has 40 heavy (non-hydrogen) atoms. The van der Waals surface area contributed by atoms with Gasteiger partial charge in [-0.25, -0.2) is 4.79 Å². The fourth-order valence-electron chi connectivity index (χ4n) is 4.48. The number of aromatic nitrogens is 1. The van der Waals surface area contributed by atoms with Crippen molar-refractivity contribution in [3.8, 4) is 17.0 Å². The smallest absolute Gasteiger partial charge is 0.339 e. The van der Waals surface area contributed by atoms with Gasteiger partial charge >= 0.3 is 5.97 Å². The number of carbonyl (C=O) groups is 3. The largest absolute Gasteiger partial charge is 0.507 e. The third kappa shape index (κ3) is 5.41. The van der Waals surface area contributed by atoms with Crippen molar-refractivity contribution in [2.24, 2.45) is 7.05 Å². The van der Waals surface area contributed by atoms with Crippen molar-refractivity contribution in [3.63, 3.8) is 0 Å². The molecule has 5 rings (SSSR count). The lowest BCUT2D eigenvalue weighted by molar-refractivity contribution is -0.112. The number of nitrogens with one attached hydrogen (secondary N) is 2. The lowest BCUT2D eigenvalue weighted by Crippen LogP contribution is -2.23. The molecule has 0 unspecified atom stereocenters. The van der Waals surface area contributed by atoms with Gasteiger partial charge in [-0.15, -0.1) is 0 Å². The maximum Gasteiger partial charge on any atom is 0.339 e. The van der Waals surface area contributed by atoms with Crippen LogP contribution in [0.15, 0.2) is 84.9 Å². The average Bonchev–Trinajstić information content (AvgIpc) is 3.16. The Kier molecular flexibility index (Phi) is 7.81.